The molecule has 19 heavy (non-hydrogen) atoms. The third-order valence-electron chi connectivity index (χ3n) is 3.95. The van der Waals surface area contributed by atoms with Crippen molar-refractivity contribution in [3.63, 3.8) is 0 Å². The molecule has 1 saturated carbocycles. The highest BCUT2D eigenvalue weighted by molar-refractivity contribution is 6.31. The molecule has 2 atom stereocenters. The van der Waals surface area contributed by atoms with Crippen LogP contribution in [0.1, 0.15) is 30.6 Å². The molecule has 1 aliphatic rings. The lowest BCUT2D eigenvalue weighted by Gasteiger charge is -2.51. The van der Waals surface area contributed by atoms with Crippen LogP contribution in [-0.2, 0) is 4.74 Å². The number of nitrogens with one attached hydrogen (secondary N) is 1. The van der Waals surface area contributed by atoms with Crippen LogP contribution in [0.5, 0.6) is 0 Å². The number of methoxy groups -OCH3 is 1. The molecule has 0 saturated heterocycles. The summed E-state index contributed by atoms with van der Waals surface area (Å²) in [6.45, 7) is 4.17. The Balaban J connectivity index is 2.06. The molecule has 0 heterocycles. The fourth-order valence-corrected chi connectivity index (χ4v) is 2.76. The van der Waals surface area contributed by atoms with Gasteiger partial charge in [-0.25, -0.2) is 0 Å². The summed E-state index contributed by atoms with van der Waals surface area (Å²) in [4.78, 5) is 12.2. The van der Waals surface area contributed by atoms with Gasteiger partial charge in [-0.15, -0.1) is 0 Å². The van der Waals surface area contributed by atoms with E-state index in [1.165, 1.54) is 0 Å². The van der Waals surface area contributed by atoms with Gasteiger partial charge in [0.15, 0.2) is 0 Å². The predicted molar refractivity (Wildman–Crippen MR) is 76.3 cm³/mol. The number of amides is 1. The van der Waals surface area contributed by atoms with Crippen LogP contribution in [0, 0.1) is 5.41 Å². The molecule has 1 amide bonds. The number of nitrogens with two attached hydrogens (primary N) is 1. The lowest BCUT2D eigenvalue weighted by Crippen LogP contribution is -2.61. The lowest BCUT2D eigenvalue weighted by molar-refractivity contribution is -0.0942. The van der Waals surface area contributed by atoms with Gasteiger partial charge in [0, 0.05) is 34.8 Å². The first kappa shape index (κ1) is 14.2. The molecule has 104 valence electrons. The average Bonchev–Trinajstić information content (AvgIpc) is 2.32. The largest absolute Gasteiger partial charge is 0.399 e. The quantitative estimate of drug-likeness (QED) is 0.837. The summed E-state index contributed by atoms with van der Waals surface area (Å²) in [7, 11) is 1.70. The van der Waals surface area contributed by atoms with Crippen molar-refractivity contribution in [2.75, 3.05) is 12.8 Å². The lowest BCUT2D eigenvalue weighted by atomic mass is 9.64. The Kier molecular flexibility index (Phi) is 3.74. The minimum absolute atomic E-state index is 0.0610. The predicted octanol–water partition coefficient (Wildman–Crippen LogP) is 2.47. The topological polar surface area (TPSA) is 64.3 Å². The summed E-state index contributed by atoms with van der Waals surface area (Å²) in [5.74, 6) is -0.151. The Hall–Kier alpha value is -1.26. The second kappa shape index (κ2) is 5.02. The van der Waals surface area contributed by atoms with Crippen molar-refractivity contribution in [2.45, 2.75) is 32.4 Å². The summed E-state index contributed by atoms with van der Waals surface area (Å²) in [5, 5.41) is 3.47. The first-order valence-electron chi connectivity index (χ1n) is 6.24. The van der Waals surface area contributed by atoms with Crippen LogP contribution in [0.3, 0.4) is 0 Å². The highest BCUT2D eigenvalue weighted by Gasteiger charge is 2.49. The third-order valence-corrected chi connectivity index (χ3v) is 4.17. The molecule has 2 rings (SSSR count). The van der Waals surface area contributed by atoms with Crippen molar-refractivity contribution in [1.29, 1.82) is 0 Å². The van der Waals surface area contributed by atoms with E-state index in [2.05, 4.69) is 19.2 Å². The molecule has 2 unspecified atom stereocenters. The van der Waals surface area contributed by atoms with E-state index in [1.54, 1.807) is 25.3 Å². The van der Waals surface area contributed by atoms with Crippen LogP contribution in [-0.4, -0.2) is 25.2 Å². The SMILES string of the molecule is COC1CC(NC(=O)c2cc(N)cc(Cl)c2)C1(C)C. The Bertz CT molecular complexity index is 482. The summed E-state index contributed by atoms with van der Waals surface area (Å²) in [5.41, 5.74) is 6.60. The van der Waals surface area contributed by atoms with Gasteiger partial charge in [0.2, 0.25) is 0 Å². The molecule has 3 N–H and O–H groups in total. The van der Waals surface area contributed by atoms with E-state index in [9.17, 15) is 4.79 Å². The summed E-state index contributed by atoms with van der Waals surface area (Å²) in [6.07, 6.45) is 1.01. The molecule has 1 aromatic rings. The molecule has 0 aliphatic heterocycles. The van der Waals surface area contributed by atoms with Gasteiger partial charge in [-0.05, 0) is 24.6 Å². The van der Waals surface area contributed by atoms with Gasteiger partial charge in [-0.2, -0.15) is 0 Å². The average molecular weight is 283 g/mol. The highest BCUT2D eigenvalue weighted by atomic mass is 35.5. The van der Waals surface area contributed by atoms with Crippen LogP contribution in [0.25, 0.3) is 0 Å². The summed E-state index contributed by atoms with van der Waals surface area (Å²) in [6, 6.07) is 4.96. The minimum atomic E-state index is -0.151. The maximum atomic E-state index is 12.2. The smallest absolute Gasteiger partial charge is 0.251 e. The molecule has 4 nitrogen and oxygen atoms in total. The van der Waals surface area contributed by atoms with Crippen LogP contribution in [0.2, 0.25) is 5.02 Å². The number of nitrogen functional groups attached to an aromatic ring is 1. The first-order valence-corrected chi connectivity index (χ1v) is 6.62. The number of ether oxygens (including phenoxy) is 1. The number of halogens is 1. The molecular formula is C14H19ClN2O2. The van der Waals surface area contributed by atoms with Gasteiger partial charge >= 0.3 is 0 Å². The van der Waals surface area contributed by atoms with Crippen molar-refractivity contribution < 1.29 is 9.53 Å². The van der Waals surface area contributed by atoms with Gasteiger partial charge in [-0.1, -0.05) is 25.4 Å². The zero-order valence-corrected chi connectivity index (χ0v) is 12.1. The van der Waals surface area contributed by atoms with E-state index in [0.29, 0.717) is 16.3 Å². The second-order valence-corrected chi connectivity index (χ2v) is 6.02. The minimum Gasteiger partial charge on any atom is -0.399 e. The van der Waals surface area contributed by atoms with Crippen molar-refractivity contribution in [2.24, 2.45) is 5.41 Å². The van der Waals surface area contributed by atoms with Crippen LogP contribution < -0.4 is 11.1 Å². The Morgan fingerprint density at radius 3 is 2.68 bits per heavy atom. The standard InChI is InChI=1S/C14H19ClN2O2/c1-14(2)11(7-12(14)19-3)17-13(18)8-4-9(15)6-10(16)5-8/h4-6,11-12H,7,16H2,1-3H3,(H,17,18). The zero-order valence-electron chi connectivity index (χ0n) is 11.4. The van der Waals surface area contributed by atoms with Crippen LogP contribution in [0.4, 0.5) is 5.69 Å². The highest BCUT2D eigenvalue weighted by Crippen LogP contribution is 2.42. The number of carbonyl (C=O) groups is 1. The third kappa shape index (κ3) is 2.69. The van der Waals surface area contributed by atoms with Crippen molar-refractivity contribution in [3.05, 3.63) is 28.8 Å². The molecule has 0 spiro atoms. The van der Waals surface area contributed by atoms with Crippen LogP contribution >= 0.6 is 11.6 Å². The van der Waals surface area contributed by atoms with E-state index in [-0.39, 0.29) is 23.5 Å². The summed E-state index contributed by atoms with van der Waals surface area (Å²) >= 11 is 5.90. The van der Waals surface area contributed by atoms with Gasteiger partial charge in [0.05, 0.1) is 6.10 Å². The van der Waals surface area contributed by atoms with Crippen LogP contribution in [0.15, 0.2) is 18.2 Å². The fraction of sp³-hybridized carbons (Fsp3) is 0.500. The maximum absolute atomic E-state index is 12.2. The molecule has 0 aromatic heterocycles. The Morgan fingerprint density at radius 2 is 2.16 bits per heavy atom. The molecule has 1 aromatic carbocycles. The number of carbonyl (C=O) groups excluding carboxylic acids is 1. The van der Waals surface area contributed by atoms with Crippen molar-refractivity contribution in [1.82, 2.24) is 5.32 Å². The maximum Gasteiger partial charge on any atom is 0.251 e. The van der Waals surface area contributed by atoms with E-state index >= 15 is 0 Å². The van der Waals surface area contributed by atoms with Crippen molar-refractivity contribution in [3.8, 4) is 0 Å². The molecule has 1 fully saturated rings. The number of rotatable bonds is 3. The van der Waals surface area contributed by atoms with E-state index < -0.39 is 0 Å². The Morgan fingerprint density at radius 1 is 1.47 bits per heavy atom. The number of hydrogen-bond acceptors (Lipinski definition) is 3. The molecular weight excluding hydrogens is 264 g/mol. The van der Waals surface area contributed by atoms with Gasteiger partial charge in [0.25, 0.3) is 5.91 Å². The molecule has 0 radical (unpaired) electrons. The zero-order chi connectivity index (χ0) is 14.2. The monoisotopic (exact) mass is 282 g/mol. The summed E-state index contributed by atoms with van der Waals surface area (Å²) < 4.78 is 5.36. The number of benzene rings is 1. The normalized spacial score (nSPS) is 24.6. The van der Waals surface area contributed by atoms with E-state index in [4.69, 9.17) is 22.1 Å². The number of hydrogen-bond donors (Lipinski definition) is 2. The molecule has 1 aliphatic carbocycles. The van der Waals surface area contributed by atoms with Gasteiger partial charge in [0.1, 0.15) is 0 Å². The van der Waals surface area contributed by atoms with Gasteiger partial charge < -0.3 is 15.8 Å². The van der Waals surface area contributed by atoms with E-state index in [1.807, 2.05) is 0 Å². The Labute approximate surface area is 118 Å². The van der Waals surface area contributed by atoms with Gasteiger partial charge in [-0.3, -0.25) is 4.79 Å². The second-order valence-electron chi connectivity index (χ2n) is 5.58. The van der Waals surface area contributed by atoms with Crippen molar-refractivity contribution >= 4 is 23.2 Å². The fourth-order valence-electron chi connectivity index (χ4n) is 2.52. The first-order chi connectivity index (χ1) is 8.84. The number of anilines is 1. The molecule has 0 bridgehead atoms. The van der Waals surface area contributed by atoms with E-state index in [0.717, 1.165) is 6.42 Å². The molecule has 5 heteroatoms.